The highest BCUT2D eigenvalue weighted by atomic mass is 35.5. The average molecular weight is 188 g/mol. The minimum Gasteiger partial charge on any atom is -0.475 e. The van der Waals surface area contributed by atoms with E-state index in [4.69, 9.17) is 21.4 Å². The van der Waals surface area contributed by atoms with Crippen molar-refractivity contribution in [2.24, 2.45) is 0 Å². The molecule has 0 aromatic carbocycles. The van der Waals surface area contributed by atoms with Crippen molar-refractivity contribution in [2.75, 3.05) is 13.2 Å². The Balaban J connectivity index is 2.72. The Labute approximate surface area is 76.0 Å². The Morgan fingerprint density at radius 2 is 2.33 bits per heavy atom. The molecule has 0 aliphatic rings. The van der Waals surface area contributed by atoms with Crippen LogP contribution in [0.25, 0.3) is 0 Å². The van der Waals surface area contributed by atoms with Crippen LogP contribution in [0.5, 0.6) is 5.88 Å². The van der Waals surface area contributed by atoms with Gasteiger partial charge in [-0.25, -0.2) is 4.98 Å². The monoisotopic (exact) mass is 187 g/mol. The second-order valence-electron chi connectivity index (χ2n) is 2.38. The van der Waals surface area contributed by atoms with E-state index < -0.39 is 0 Å². The van der Waals surface area contributed by atoms with Crippen LogP contribution >= 0.6 is 11.6 Å². The first-order chi connectivity index (χ1) is 5.72. The van der Waals surface area contributed by atoms with Crippen LogP contribution in [0.4, 0.5) is 0 Å². The van der Waals surface area contributed by atoms with Gasteiger partial charge < -0.3 is 9.84 Å². The van der Waals surface area contributed by atoms with Gasteiger partial charge in [0.05, 0.1) is 6.61 Å². The predicted molar refractivity (Wildman–Crippen MR) is 46.6 cm³/mol. The minimum absolute atomic E-state index is 0.0206. The summed E-state index contributed by atoms with van der Waals surface area (Å²) in [7, 11) is 0. The number of rotatable bonds is 3. The van der Waals surface area contributed by atoms with E-state index in [2.05, 4.69) is 4.98 Å². The maximum atomic E-state index is 8.48. The Morgan fingerprint density at radius 1 is 1.58 bits per heavy atom. The van der Waals surface area contributed by atoms with Gasteiger partial charge in [0, 0.05) is 6.07 Å². The zero-order valence-corrected chi connectivity index (χ0v) is 7.51. The highest BCUT2D eigenvalue weighted by Crippen LogP contribution is 2.14. The van der Waals surface area contributed by atoms with Crippen molar-refractivity contribution in [3.05, 3.63) is 22.8 Å². The van der Waals surface area contributed by atoms with E-state index >= 15 is 0 Å². The molecule has 4 heteroatoms. The maximum Gasteiger partial charge on any atom is 0.214 e. The highest BCUT2D eigenvalue weighted by Gasteiger charge is 1.98. The number of nitrogens with zero attached hydrogens (tertiary/aromatic N) is 1. The molecule has 0 spiro atoms. The zero-order chi connectivity index (χ0) is 8.97. The lowest BCUT2D eigenvalue weighted by Gasteiger charge is -2.03. The predicted octanol–water partition coefficient (Wildman–Crippen LogP) is 1.41. The van der Waals surface area contributed by atoms with Gasteiger partial charge in [0.2, 0.25) is 5.88 Å². The molecule has 1 aromatic rings. The van der Waals surface area contributed by atoms with Gasteiger partial charge >= 0.3 is 0 Å². The van der Waals surface area contributed by atoms with Crippen molar-refractivity contribution in [3.8, 4) is 5.88 Å². The van der Waals surface area contributed by atoms with Crippen LogP contribution in [0.15, 0.2) is 12.1 Å². The van der Waals surface area contributed by atoms with Gasteiger partial charge in [-0.15, -0.1) is 0 Å². The number of hydrogen-bond donors (Lipinski definition) is 1. The highest BCUT2D eigenvalue weighted by molar-refractivity contribution is 6.29. The fraction of sp³-hybridized carbons (Fsp3) is 0.375. The third-order valence-corrected chi connectivity index (χ3v) is 1.45. The normalized spacial score (nSPS) is 9.92. The fourth-order valence-corrected chi connectivity index (χ4v) is 1.07. The molecule has 0 fully saturated rings. The van der Waals surface area contributed by atoms with Crippen molar-refractivity contribution < 1.29 is 9.84 Å². The third-order valence-electron chi connectivity index (χ3n) is 1.26. The van der Waals surface area contributed by atoms with Crippen molar-refractivity contribution >= 4 is 11.6 Å². The van der Waals surface area contributed by atoms with Gasteiger partial charge in [0.25, 0.3) is 0 Å². The number of aliphatic hydroxyl groups excluding tert-OH is 1. The lowest BCUT2D eigenvalue weighted by molar-refractivity contribution is 0.196. The van der Waals surface area contributed by atoms with Crippen LogP contribution in [0.2, 0.25) is 5.15 Å². The minimum atomic E-state index is -0.0206. The van der Waals surface area contributed by atoms with E-state index in [9.17, 15) is 0 Å². The Kier molecular flexibility index (Phi) is 3.31. The van der Waals surface area contributed by atoms with E-state index in [-0.39, 0.29) is 13.2 Å². The summed E-state index contributed by atoms with van der Waals surface area (Å²) in [6.07, 6.45) is 0. The van der Waals surface area contributed by atoms with Crippen LogP contribution in [0.3, 0.4) is 0 Å². The van der Waals surface area contributed by atoms with Gasteiger partial charge in [-0.1, -0.05) is 11.6 Å². The average Bonchev–Trinajstić information content (AvgIpc) is 1.99. The van der Waals surface area contributed by atoms with Crippen LogP contribution in [0, 0.1) is 6.92 Å². The lowest BCUT2D eigenvalue weighted by Crippen LogP contribution is -2.03. The zero-order valence-electron chi connectivity index (χ0n) is 6.75. The Hall–Kier alpha value is -0.800. The first-order valence-electron chi connectivity index (χ1n) is 3.60. The molecule has 1 aromatic heterocycles. The second kappa shape index (κ2) is 4.28. The topological polar surface area (TPSA) is 42.4 Å². The first kappa shape index (κ1) is 9.29. The molecule has 0 saturated heterocycles. The van der Waals surface area contributed by atoms with Crippen LogP contribution in [-0.2, 0) is 0 Å². The molecule has 0 atom stereocenters. The van der Waals surface area contributed by atoms with Crippen molar-refractivity contribution in [1.29, 1.82) is 0 Å². The van der Waals surface area contributed by atoms with Crippen molar-refractivity contribution in [1.82, 2.24) is 4.98 Å². The molecule has 0 aliphatic heterocycles. The van der Waals surface area contributed by atoms with Gasteiger partial charge in [-0.05, 0) is 18.6 Å². The SMILES string of the molecule is Cc1cc(Cl)nc(OCCO)c1. The van der Waals surface area contributed by atoms with Crippen molar-refractivity contribution in [3.63, 3.8) is 0 Å². The molecule has 0 radical (unpaired) electrons. The van der Waals surface area contributed by atoms with Crippen molar-refractivity contribution in [2.45, 2.75) is 6.92 Å². The number of aromatic nitrogens is 1. The number of ether oxygens (including phenoxy) is 1. The maximum absolute atomic E-state index is 8.48. The molecule has 1 heterocycles. The van der Waals surface area contributed by atoms with E-state index in [0.29, 0.717) is 11.0 Å². The second-order valence-corrected chi connectivity index (χ2v) is 2.76. The standard InChI is InChI=1S/C8H10ClNO2/c1-6-4-7(9)10-8(5-6)12-3-2-11/h4-5,11H,2-3H2,1H3. The summed E-state index contributed by atoms with van der Waals surface area (Å²) in [6.45, 7) is 2.12. The molecule has 0 amide bonds. The van der Waals surface area contributed by atoms with Crippen LogP contribution < -0.4 is 4.74 Å². The summed E-state index contributed by atoms with van der Waals surface area (Å²) in [6, 6.07) is 3.51. The number of aryl methyl sites for hydroxylation is 1. The quantitative estimate of drug-likeness (QED) is 0.728. The molecule has 66 valence electrons. The summed E-state index contributed by atoms with van der Waals surface area (Å²) in [4.78, 5) is 3.90. The summed E-state index contributed by atoms with van der Waals surface area (Å²) < 4.78 is 5.07. The van der Waals surface area contributed by atoms with E-state index in [0.717, 1.165) is 5.56 Å². The fourth-order valence-electron chi connectivity index (χ4n) is 0.818. The van der Waals surface area contributed by atoms with Crippen LogP contribution in [0.1, 0.15) is 5.56 Å². The van der Waals surface area contributed by atoms with Gasteiger partial charge in [-0.2, -0.15) is 0 Å². The first-order valence-corrected chi connectivity index (χ1v) is 3.98. The molecule has 0 saturated carbocycles. The number of pyridine rings is 1. The molecular weight excluding hydrogens is 178 g/mol. The Bertz CT molecular complexity index is 245. The largest absolute Gasteiger partial charge is 0.475 e. The summed E-state index contributed by atoms with van der Waals surface area (Å²) >= 11 is 5.68. The number of hydrogen-bond acceptors (Lipinski definition) is 3. The van der Waals surface area contributed by atoms with Crippen LogP contribution in [-0.4, -0.2) is 23.3 Å². The molecule has 12 heavy (non-hydrogen) atoms. The molecule has 0 unspecified atom stereocenters. The van der Waals surface area contributed by atoms with E-state index in [1.165, 1.54) is 0 Å². The van der Waals surface area contributed by atoms with Gasteiger partial charge in [0.15, 0.2) is 0 Å². The molecular formula is C8H10ClNO2. The van der Waals surface area contributed by atoms with Gasteiger partial charge in [-0.3, -0.25) is 0 Å². The molecule has 0 aliphatic carbocycles. The Morgan fingerprint density at radius 3 is 2.92 bits per heavy atom. The number of aliphatic hydroxyl groups is 1. The van der Waals surface area contributed by atoms with Gasteiger partial charge in [0.1, 0.15) is 11.8 Å². The summed E-state index contributed by atoms with van der Waals surface area (Å²) in [5.74, 6) is 0.453. The number of halogens is 1. The van der Waals surface area contributed by atoms with E-state index in [1.54, 1.807) is 12.1 Å². The van der Waals surface area contributed by atoms with E-state index in [1.807, 2.05) is 6.92 Å². The smallest absolute Gasteiger partial charge is 0.214 e. The molecule has 0 bridgehead atoms. The summed E-state index contributed by atoms with van der Waals surface area (Å²) in [5.41, 5.74) is 0.989. The molecule has 1 N–H and O–H groups in total. The third kappa shape index (κ3) is 2.68. The molecule has 1 rings (SSSR count). The summed E-state index contributed by atoms with van der Waals surface area (Å²) in [5, 5.41) is 8.89. The lowest BCUT2D eigenvalue weighted by atomic mass is 10.3. The molecule has 3 nitrogen and oxygen atoms in total.